The van der Waals surface area contributed by atoms with Crippen LogP contribution in [-0.2, 0) is 14.4 Å². The van der Waals surface area contributed by atoms with Gasteiger partial charge in [-0.25, -0.2) is 0 Å². The molecule has 2 amide bonds. The maximum Gasteiger partial charge on any atom is 0.306 e. The quantitative estimate of drug-likeness (QED) is 0.714. The van der Waals surface area contributed by atoms with E-state index in [0.29, 0.717) is 19.5 Å². The summed E-state index contributed by atoms with van der Waals surface area (Å²) in [6.45, 7) is 2.90. The number of hydrogen-bond donors (Lipinski definition) is 2. The van der Waals surface area contributed by atoms with Crippen LogP contribution in [0.2, 0.25) is 0 Å². The van der Waals surface area contributed by atoms with Crippen molar-refractivity contribution in [3.63, 3.8) is 0 Å². The summed E-state index contributed by atoms with van der Waals surface area (Å²) >= 11 is 0. The van der Waals surface area contributed by atoms with E-state index in [1.165, 1.54) is 4.90 Å². The largest absolute Gasteiger partial charge is 0.481 e. The van der Waals surface area contributed by atoms with Crippen LogP contribution in [0.3, 0.4) is 0 Å². The topological polar surface area (TPSA) is 86.7 Å². The molecule has 2 aliphatic rings. The van der Waals surface area contributed by atoms with Crippen molar-refractivity contribution >= 4 is 17.8 Å². The number of carbonyl (C=O) groups excluding carboxylic acids is 2. The number of carboxylic acid groups (broad SMARTS) is 1. The number of imide groups is 1. The molecule has 21 heavy (non-hydrogen) atoms. The first-order valence-corrected chi connectivity index (χ1v) is 7.85. The predicted octanol–water partition coefficient (Wildman–Crippen LogP) is 1.00. The van der Waals surface area contributed by atoms with Gasteiger partial charge in [-0.1, -0.05) is 19.8 Å². The molecule has 1 saturated heterocycles. The maximum absolute atomic E-state index is 12.1. The maximum atomic E-state index is 12.1. The van der Waals surface area contributed by atoms with Gasteiger partial charge in [-0.3, -0.25) is 19.3 Å². The molecule has 6 nitrogen and oxygen atoms in total. The van der Waals surface area contributed by atoms with E-state index in [-0.39, 0.29) is 30.1 Å². The molecule has 2 fully saturated rings. The van der Waals surface area contributed by atoms with Gasteiger partial charge in [0.2, 0.25) is 11.8 Å². The Morgan fingerprint density at radius 3 is 2.71 bits per heavy atom. The SMILES string of the molecule is CCCN1C(=O)CC(NCC2CCCCC2C(=O)O)C1=O. The molecule has 3 atom stereocenters. The van der Waals surface area contributed by atoms with Crippen molar-refractivity contribution in [1.29, 1.82) is 0 Å². The summed E-state index contributed by atoms with van der Waals surface area (Å²) < 4.78 is 0. The fourth-order valence-corrected chi connectivity index (χ4v) is 3.37. The molecule has 1 aliphatic heterocycles. The van der Waals surface area contributed by atoms with Crippen LogP contribution in [0, 0.1) is 11.8 Å². The molecule has 1 heterocycles. The fraction of sp³-hybridized carbons (Fsp3) is 0.800. The first kappa shape index (κ1) is 15.9. The number of likely N-dealkylation sites (tertiary alicyclic amines) is 1. The lowest BCUT2D eigenvalue weighted by Crippen LogP contribution is -2.43. The monoisotopic (exact) mass is 296 g/mol. The molecule has 3 unspecified atom stereocenters. The van der Waals surface area contributed by atoms with E-state index in [0.717, 1.165) is 25.7 Å². The summed E-state index contributed by atoms with van der Waals surface area (Å²) in [5.74, 6) is -1.31. The summed E-state index contributed by atoms with van der Waals surface area (Å²) in [5, 5.41) is 12.4. The highest BCUT2D eigenvalue weighted by atomic mass is 16.4. The Kier molecular flexibility index (Phi) is 5.33. The number of carbonyl (C=O) groups is 3. The molecule has 6 heteroatoms. The summed E-state index contributed by atoms with van der Waals surface area (Å²) in [4.78, 5) is 36.5. The van der Waals surface area contributed by atoms with E-state index < -0.39 is 12.0 Å². The number of nitrogens with zero attached hydrogens (tertiary/aromatic N) is 1. The van der Waals surface area contributed by atoms with Gasteiger partial charge in [-0.05, 0) is 31.7 Å². The molecular formula is C15H24N2O4. The fourth-order valence-electron chi connectivity index (χ4n) is 3.37. The van der Waals surface area contributed by atoms with Crippen LogP contribution in [-0.4, -0.2) is 46.9 Å². The van der Waals surface area contributed by atoms with Crippen LogP contribution in [0.5, 0.6) is 0 Å². The molecule has 0 aromatic carbocycles. The highest BCUT2D eigenvalue weighted by Gasteiger charge is 2.39. The Morgan fingerprint density at radius 2 is 2.05 bits per heavy atom. The van der Waals surface area contributed by atoms with E-state index >= 15 is 0 Å². The van der Waals surface area contributed by atoms with Gasteiger partial charge >= 0.3 is 5.97 Å². The molecular weight excluding hydrogens is 272 g/mol. The third-order valence-electron chi connectivity index (χ3n) is 4.54. The summed E-state index contributed by atoms with van der Waals surface area (Å²) in [5.41, 5.74) is 0. The third-order valence-corrected chi connectivity index (χ3v) is 4.54. The highest BCUT2D eigenvalue weighted by Crippen LogP contribution is 2.30. The molecule has 1 saturated carbocycles. The Labute approximate surface area is 124 Å². The number of rotatable bonds is 6. The van der Waals surface area contributed by atoms with E-state index in [4.69, 9.17) is 0 Å². The molecule has 2 rings (SSSR count). The normalized spacial score (nSPS) is 30.0. The zero-order valence-corrected chi connectivity index (χ0v) is 12.5. The van der Waals surface area contributed by atoms with Crippen molar-refractivity contribution in [2.45, 2.75) is 51.5 Å². The van der Waals surface area contributed by atoms with Gasteiger partial charge in [0.15, 0.2) is 0 Å². The van der Waals surface area contributed by atoms with Gasteiger partial charge in [-0.15, -0.1) is 0 Å². The Morgan fingerprint density at radius 1 is 1.33 bits per heavy atom. The zero-order valence-electron chi connectivity index (χ0n) is 12.5. The van der Waals surface area contributed by atoms with Crippen LogP contribution in [0.15, 0.2) is 0 Å². The first-order valence-electron chi connectivity index (χ1n) is 7.85. The molecule has 118 valence electrons. The standard InChI is InChI=1S/C15H24N2O4/c1-2-7-17-13(18)8-12(14(17)19)16-9-10-5-3-4-6-11(10)15(20)21/h10-12,16H,2-9H2,1H3,(H,20,21). The number of nitrogens with one attached hydrogen (secondary N) is 1. The van der Waals surface area contributed by atoms with Crippen molar-refractivity contribution in [3.8, 4) is 0 Å². The van der Waals surface area contributed by atoms with E-state index in [1.807, 2.05) is 6.92 Å². The van der Waals surface area contributed by atoms with E-state index in [2.05, 4.69) is 5.32 Å². The van der Waals surface area contributed by atoms with E-state index in [1.54, 1.807) is 0 Å². The minimum Gasteiger partial charge on any atom is -0.481 e. The van der Waals surface area contributed by atoms with Gasteiger partial charge in [0, 0.05) is 6.54 Å². The van der Waals surface area contributed by atoms with Crippen LogP contribution in [0.1, 0.15) is 45.4 Å². The second-order valence-corrected chi connectivity index (χ2v) is 6.04. The number of carboxylic acids is 1. The zero-order chi connectivity index (χ0) is 15.4. The van der Waals surface area contributed by atoms with Crippen LogP contribution < -0.4 is 5.32 Å². The van der Waals surface area contributed by atoms with Crippen molar-refractivity contribution < 1.29 is 19.5 Å². The highest BCUT2D eigenvalue weighted by molar-refractivity contribution is 6.05. The number of hydrogen-bond acceptors (Lipinski definition) is 4. The molecule has 0 spiro atoms. The molecule has 0 aromatic rings. The molecule has 0 aromatic heterocycles. The average molecular weight is 296 g/mol. The number of amides is 2. The van der Waals surface area contributed by atoms with Gasteiger partial charge in [0.1, 0.15) is 0 Å². The average Bonchev–Trinajstić information content (AvgIpc) is 2.73. The van der Waals surface area contributed by atoms with Crippen LogP contribution in [0.4, 0.5) is 0 Å². The summed E-state index contributed by atoms with van der Waals surface area (Å²) in [6, 6.07) is -0.472. The van der Waals surface area contributed by atoms with Crippen LogP contribution in [0.25, 0.3) is 0 Å². The van der Waals surface area contributed by atoms with Crippen molar-refractivity contribution in [1.82, 2.24) is 10.2 Å². The molecule has 0 bridgehead atoms. The first-order chi connectivity index (χ1) is 10.0. The lowest BCUT2D eigenvalue weighted by Gasteiger charge is -2.29. The van der Waals surface area contributed by atoms with Gasteiger partial charge in [0.05, 0.1) is 18.4 Å². The Bertz CT molecular complexity index is 424. The van der Waals surface area contributed by atoms with Gasteiger partial charge in [0.25, 0.3) is 0 Å². The van der Waals surface area contributed by atoms with Crippen molar-refractivity contribution in [2.75, 3.05) is 13.1 Å². The second kappa shape index (κ2) is 7.02. The molecule has 1 aliphatic carbocycles. The predicted molar refractivity (Wildman–Crippen MR) is 76.5 cm³/mol. The van der Waals surface area contributed by atoms with Gasteiger partial charge < -0.3 is 10.4 Å². The molecule has 2 N–H and O–H groups in total. The Hall–Kier alpha value is -1.43. The number of aliphatic carboxylic acids is 1. The smallest absolute Gasteiger partial charge is 0.306 e. The lowest BCUT2D eigenvalue weighted by atomic mass is 9.79. The minimum atomic E-state index is -0.747. The van der Waals surface area contributed by atoms with E-state index in [9.17, 15) is 19.5 Å². The molecule has 0 radical (unpaired) electrons. The van der Waals surface area contributed by atoms with Gasteiger partial charge in [-0.2, -0.15) is 0 Å². The third kappa shape index (κ3) is 3.61. The summed E-state index contributed by atoms with van der Waals surface area (Å²) in [6.07, 6.45) is 4.53. The second-order valence-electron chi connectivity index (χ2n) is 6.04. The lowest BCUT2D eigenvalue weighted by molar-refractivity contribution is -0.144. The minimum absolute atomic E-state index is 0.0550. The van der Waals surface area contributed by atoms with Crippen molar-refractivity contribution in [3.05, 3.63) is 0 Å². The summed E-state index contributed by atoms with van der Waals surface area (Å²) in [7, 11) is 0. The van der Waals surface area contributed by atoms with Crippen LogP contribution >= 0.6 is 0 Å². The van der Waals surface area contributed by atoms with Crippen molar-refractivity contribution in [2.24, 2.45) is 11.8 Å². The Balaban J connectivity index is 1.89.